The van der Waals surface area contributed by atoms with Crippen molar-refractivity contribution in [1.29, 1.82) is 0 Å². The molecule has 2 atom stereocenters. The number of hydrogen-bond donors (Lipinski definition) is 3. The summed E-state index contributed by atoms with van der Waals surface area (Å²) in [6.07, 6.45) is 4.24. The SMILES string of the molecule is O=C(O)[C@H]1CNC[C@@H](CN/N=C/c2ccnc3ccccc23)C1. The van der Waals surface area contributed by atoms with Gasteiger partial charge in [0.2, 0.25) is 0 Å². The van der Waals surface area contributed by atoms with E-state index in [-0.39, 0.29) is 11.8 Å². The summed E-state index contributed by atoms with van der Waals surface area (Å²) in [4.78, 5) is 15.4. The van der Waals surface area contributed by atoms with Crippen LogP contribution in [-0.4, -0.2) is 41.9 Å². The Morgan fingerprint density at radius 3 is 3.13 bits per heavy atom. The fourth-order valence-corrected chi connectivity index (χ4v) is 2.90. The van der Waals surface area contributed by atoms with E-state index >= 15 is 0 Å². The molecule has 6 nitrogen and oxygen atoms in total. The van der Waals surface area contributed by atoms with Gasteiger partial charge in [0.1, 0.15) is 0 Å². The van der Waals surface area contributed by atoms with Crippen molar-refractivity contribution in [2.24, 2.45) is 16.9 Å². The predicted octanol–water partition coefficient (Wildman–Crippen LogP) is 1.47. The molecule has 1 aromatic carbocycles. The van der Waals surface area contributed by atoms with E-state index < -0.39 is 5.97 Å². The Morgan fingerprint density at radius 2 is 2.26 bits per heavy atom. The van der Waals surface area contributed by atoms with E-state index in [0.29, 0.717) is 19.5 Å². The van der Waals surface area contributed by atoms with Crippen LogP contribution in [0.25, 0.3) is 10.9 Å². The van der Waals surface area contributed by atoms with Crippen molar-refractivity contribution in [2.75, 3.05) is 19.6 Å². The molecule has 1 fully saturated rings. The van der Waals surface area contributed by atoms with Crippen molar-refractivity contribution in [3.8, 4) is 0 Å². The van der Waals surface area contributed by atoms with Crippen LogP contribution >= 0.6 is 0 Å². The lowest BCUT2D eigenvalue weighted by Gasteiger charge is -2.27. The Balaban J connectivity index is 1.57. The van der Waals surface area contributed by atoms with Crippen LogP contribution in [0.2, 0.25) is 0 Å². The van der Waals surface area contributed by atoms with Gasteiger partial charge in [0.05, 0.1) is 17.6 Å². The largest absolute Gasteiger partial charge is 0.481 e. The summed E-state index contributed by atoms with van der Waals surface area (Å²) >= 11 is 0. The van der Waals surface area contributed by atoms with Crippen molar-refractivity contribution in [3.05, 3.63) is 42.1 Å². The van der Waals surface area contributed by atoms with Gasteiger partial charge in [-0.3, -0.25) is 9.78 Å². The molecule has 0 bridgehead atoms. The molecular formula is C17H20N4O2. The first-order valence-electron chi connectivity index (χ1n) is 7.77. The van der Waals surface area contributed by atoms with Crippen molar-refractivity contribution in [3.63, 3.8) is 0 Å². The summed E-state index contributed by atoms with van der Waals surface area (Å²) in [5.41, 5.74) is 4.99. The summed E-state index contributed by atoms with van der Waals surface area (Å²) in [6, 6.07) is 9.86. The number of hydrogen-bond acceptors (Lipinski definition) is 5. The first kappa shape index (κ1) is 15.4. The highest BCUT2D eigenvalue weighted by Gasteiger charge is 2.26. The minimum absolute atomic E-state index is 0.274. The molecule has 6 heteroatoms. The van der Waals surface area contributed by atoms with E-state index in [1.807, 2.05) is 30.3 Å². The molecule has 23 heavy (non-hydrogen) atoms. The zero-order valence-corrected chi connectivity index (χ0v) is 12.8. The minimum Gasteiger partial charge on any atom is -0.481 e. The highest BCUT2D eigenvalue weighted by molar-refractivity contribution is 5.97. The van der Waals surface area contributed by atoms with Crippen LogP contribution in [0, 0.1) is 11.8 Å². The third-order valence-corrected chi connectivity index (χ3v) is 4.15. The first-order valence-corrected chi connectivity index (χ1v) is 7.77. The van der Waals surface area contributed by atoms with Crippen LogP contribution in [0.3, 0.4) is 0 Å². The number of aliphatic carboxylic acids is 1. The third-order valence-electron chi connectivity index (χ3n) is 4.15. The Labute approximate surface area is 134 Å². The zero-order chi connectivity index (χ0) is 16.1. The Morgan fingerprint density at radius 1 is 1.39 bits per heavy atom. The molecule has 120 valence electrons. The summed E-state index contributed by atoms with van der Waals surface area (Å²) in [5.74, 6) is -0.756. The average Bonchev–Trinajstić information content (AvgIpc) is 2.59. The second-order valence-corrected chi connectivity index (χ2v) is 5.83. The summed E-state index contributed by atoms with van der Waals surface area (Å²) in [6.45, 7) is 2.04. The number of nitrogens with one attached hydrogen (secondary N) is 2. The number of rotatable bonds is 5. The van der Waals surface area contributed by atoms with E-state index in [4.69, 9.17) is 5.11 Å². The fourth-order valence-electron chi connectivity index (χ4n) is 2.90. The predicted molar refractivity (Wildman–Crippen MR) is 89.4 cm³/mol. The van der Waals surface area contributed by atoms with Gasteiger partial charge < -0.3 is 15.8 Å². The minimum atomic E-state index is -0.728. The Kier molecular flexibility index (Phi) is 4.83. The molecule has 0 unspecified atom stereocenters. The molecule has 3 N–H and O–H groups in total. The second-order valence-electron chi connectivity index (χ2n) is 5.83. The number of para-hydroxylation sites is 1. The number of carboxylic acids is 1. The Bertz CT molecular complexity index is 711. The number of nitrogens with zero attached hydrogens (tertiary/aromatic N) is 2. The molecular weight excluding hydrogens is 292 g/mol. The van der Waals surface area contributed by atoms with Gasteiger partial charge >= 0.3 is 5.97 Å². The molecule has 0 radical (unpaired) electrons. The number of carboxylic acid groups (broad SMARTS) is 1. The van der Waals surface area contributed by atoms with Gasteiger partial charge in [-0.2, -0.15) is 5.10 Å². The number of aromatic nitrogens is 1. The fraction of sp³-hybridized carbons (Fsp3) is 0.353. The number of carbonyl (C=O) groups is 1. The zero-order valence-electron chi connectivity index (χ0n) is 12.8. The van der Waals surface area contributed by atoms with E-state index in [2.05, 4.69) is 20.8 Å². The quantitative estimate of drug-likeness (QED) is 0.575. The van der Waals surface area contributed by atoms with Gasteiger partial charge in [-0.25, -0.2) is 0 Å². The van der Waals surface area contributed by atoms with Crippen molar-refractivity contribution < 1.29 is 9.90 Å². The maximum Gasteiger partial charge on any atom is 0.307 e. The van der Waals surface area contributed by atoms with Gasteiger partial charge in [-0.15, -0.1) is 0 Å². The molecule has 0 aliphatic carbocycles. The van der Waals surface area contributed by atoms with Gasteiger partial charge in [0, 0.05) is 30.2 Å². The van der Waals surface area contributed by atoms with Gasteiger partial charge in [-0.05, 0) is 31.0 Å². The Hall–Kier alpha value is -2.47. The summed E-state index contributed by atoms with van der Waals surface area (Å²) < 4.78 is 0. The number of fused-ring (bicyclic) bond motifs is 1. The molecule has 1 saturated heterocycles. The second kappa shape index (κ2) is 7.19. The molecule has 0 spiro atoms. The van der Waals surface area contributed by atoms with Gasteiger partial charge in [0.25, 0.3) is 0 Å². The highest BCUT2D eigenvalue weighted by Crippen LogP contribution is 2.16. The summed E-state index contributed by atoms with van der Waals surface area (Å²) in [5, 5.41) is 17.6. The standard InChI is InChI=1S/C17H20N4O2/c22-17(23)14-7-12(8-18-10-14)9-20-21-11-13-5-6-19-16-4-2-1-3-15(13)16/h1-6,11-12,14,18,20H,7-10H2,(H,22,23)/b21-11+/t12-,14+/m0/s1. The highest BCUT2D eigenvalue weighted by atomic mass is 16.4. The molecule has 0 saturated carbocycles. The van der Waals surface area contributed by atoms with Crippen LogP contribution in [0.1, 0.15) is 12.0 Å². The topological polar surface area (TPSA) is 86.6 Å². The number of piperidine rings is 1. The van der Waals surface area contributed by atoms with E-state index in [9.17, 15) is 4.79 Å². The van der Waals surface area contributed by atoms with Crippen LogP contribution in [0.15, 0.2) is 41.6 Å². The monoisotopic (exact) mass is 312 g/mol. The lowest BCUT2D eigenvalue weighted by molar-refractivity contribution is -0.142. The van der Waals surface area contributed by atoms with Crippen LogP contribution in [0.4, 0.5) is 0 Å². The maximum atomic E-state index is 11.0. The number of hydrazone groups is 1. The smallest absolute Gasteiger partial charge is 0.307 e. The van der Waals surface area contributed by atoms with Crippen LogP contribution in [-0.2, 0) is 4.79 Å². The van der Waals surface area contributed by atoms with Crippen LogP contribution < -0.4 is 10.7 Å². The van der Waals surface area contributed by atoms with Crippen LogP contribution in [0.5, 0.6) is 0 Å². The number of benzene rings is 1. The number of pyridine rings is 1. The van der Waals surface area contributed by atoms with Crippen molar-refractivity contribution >= 4 is 23.1 Å². The lowest BCUT2D eigenvalue weighted by atomic mass is 9.91. The van der Waals surface area contributed by atoms with Crippen molar-refractivity contribution in [1.82, 2.24) is 15.7 Å². The van der Waals surface area contributed by atoms with Crippen molar-refractivity contribution in [2.45, 2.75) is 6.42 Å². The third kappa shape index (κ3) is 3.84. The summed E-state index contributed by atoms with van der Waals surface area (Å²) in [7, 11) is 0. The van der Waals surface area contributed by atoms with Gasteiger partial charge in [0.15, 0.2) is 0 Å². The molecule has 0 amide bonds. The first-order chi connectivity index (χ1) is 11.2. The van der Waals surface area contributed by atoms with E-state index in [1.165, 1.54) is 0 Å². The maximum absolute atomic E-state index is 11.0. The molecule has 1 aliphatic rings. The lowest BCUT2D eigenvalue weighted by Crippen LogP contribution is -2.42. The van der Waals surface area contributed by atoms with E-state index in [0.717, 1.165) is 23.0 Å². The molecule has 2 heterocycles. The normalized spacial score (nSPS) is 21.6. The molecule has 1 aromatic heterocycles. The van der Waals surface area contributed by atoms with E-state index in [1.54, 1.807) is 12.4 Å². The average molecular weight is 312 g/mol. The van der Waals surface area contributed by atoms with Gasteiger partial charge in [-0.1, -0.05) is 18.2 Å². The molecule has 3 rings (SSSR count). The molecule has 2 aromatic rings. The molecule has 1 aliphatic heterocycles.